The third kappa shape index (κ3) is 7.50. The van der Waals surface area contributed by atoms with Crippen LogP contribution in [0, 0.1) is 0 Å². The first-order chi connectivity index (χ1) is 21.7. The minimum absolute atomic E-state index is 0.519. The molecule has 0 amide bonds. The van der Waals surface area contributed by atoms with Crippen LogP contribution in [-0.2, 0) is 19.1 Å². The number of aliphatic carboxylic acids is 2. The second-order valence-electron chi connectivity index (χ2n) is 10.7. The fourth-order valence-electron chi connectivity index (χ4n) is 4.84. The van der Waals surface area contributed by atoms with Crippen molar-refractivity contribution >= 4 is 11.9 Å². The molecular formula is C22H41N3O22. The summed E-state index contributed by atoms with van der Waals surface area (Å²) < 4.78 is 10.4. The first-order valence-corrected chi connectivity index (χ1v) is 13.5. The molecule has 25 nitrogen and oxygen atoms in total. The van der Waals surface area contributed by atoms with Gasteiger partial charge in [-0.15, -0.1) is 0 Å². The minimum atomic E-state index is -4.29. The number of rotatable bonds is 16. The number of nitrogens with one attached hydrogen (secondary N) is 1. The minimum Gasteiger partial charge on any atom is -0.478 e. The van der Waals surface area contributed by atoms with Gasteiger partial charge in [0.05, 0.1) is 26.4 Å². The summed E-state index contributed by atoms with van der Waals surface area (Å²) in [5, 5.41) is 184. The summed E-state index contributed by atoms with van der Waals surface area (Å²) in [5.41, 5.74) is -7.02. The molecule has 19 N–H and O–H groups in total. The lowest BCUT2D eigenvalue weighted by atomic mass is 9.94. The van der Waals surface area contributed by atoms with E-state index < -0.39 is 146 Å². The van der Waals surface area contributed by atoms with Gasteiger partial charge in [0, 0.05) is 0 Å². The Morgan fingerprint density at radius 2 is 0.894 bits per heavy atom. The molecule has 16 atom stereocenters. The predicted octanol–water partition coefficient (Wildman–Crippen LogP) is -12.4. The molecule has 25 heteroatoms. The standard InChI is InChI=1S/C22H41N3O22/c26-1-5(30)15(38)21(44,19(40)41)24(17-13(36)11(34)9(32)7(3-28)46-17)23-25(22(45,20(42)43)16(39)6(31)2-27)18-14(37)12(35)10(33)8(4-29)47-18/h5-18,23,26-39,44-45H,1-4H2,(H,40,41)(H,42,43)/t5-,6-,7-,8-,9-,10-,11+,12+,13-,14-,15-,16-,17?,18?,21-,22-/m1/s1. The topological polar surface area (TPSA) is 435 Å². The van der Waals surface area contributed by atoms with Gasteiger partial charge >= 0.3 is 11.9 Å². The molecule has 2 heterocycles. The van der Waals surface area contributed by atoms with Crippen molar-refractivity contribution in [3.05, 3.63) is 0 Å². The molecule has 2 saturated heterocycles. The Kier molecular flexibility index (Phi) is 14.2. The Bertz CT molecular complexity index is 966. The average Bonchev–Trinajstić information content (AvgIpc) is 3.05. The van der Waals surface area contributed by atoms with Crippen LogP contribution in [0.25, 0.3) is 0 Å². The number of carbonyl (C=O) groups is 2. The molecule has 2 aliphatic heterocycles. The van der Waals surface area contributed by atoms with E-state index in [1.54, 1.807) is 5.53 Å². The third-order valence-electron chi connectivity index (χ3n) is 7.75. The van der Waals surface area contributed by atoms with Gasteiger partial charge in [-0.2, -0.15) is 15.6 Å². The van der Waals surface area contributed by atoms with Crippen LogP contribution in [0.4, 0.5) is 0 Å². The number of aliphatic hydroxyl groups is 16. The van der Waals surface area contributed by atoms with Crippen LogP contribution in [0.2, 0.25) is 0 Å². The van der Waals surface area contributed by atoms with Crippen LogP contribution in [0.3, 0.4) is 0 Å². The SMILES string of the molecule is O=C(O)[C@](O)([C@H](O)[C@H](O)CO)N(NN(C1O[C@H](CO)[C@@H](O)[C@H](O)[C@H]1O)[C@](O)(C(=O)O)[C@H](O)[C@H](O)CO)C1O[C@H](CO)[C@@H](O)[C@H](O)[C@H]1O. The van der Waals surface area contributed by atoms with E-state index in [-0.39, 0.29) is 0 Å². The molecule has 0 aromatic carbocycles. The molecule has 2 fully saturated rings. The van der Waals surface area contributed by atoms with Crippen LogP contribution < -0.4 is 5.53 Å². The summed E-state index contributed by atoms with van der Waals surface area (Å²) in [5.74, 6) is -5.35. The van der Waals surface area contributed by atoms with E-state index in [2.05, 4.69) is 0 Å². The van der Waals surface area contributed by atoms with E-state index in [1.807, 2.05) is 0 Å². The van der Waals surface area contributed by atoms with E-state index in [0.717, 1.165) is 0 Å². The summed E-state index contributed by atoms with van der Waals surface area (Å²) in [6, 6.07) is 0. The molecule has 0 aromatic heterocycles. The van der Waals surface area contributed by atoms with E-state index in [9.17, 15) is 102 Å². The van der Waals surface area contributed by atoms with E-state index >= 15 is 0 Å². The highest BCUT2D eigenvalue weighted by Gasteiger charge is 2.64. The van der Waals surface area contributed by atoms with E-state index in [1.165, 1.54) is 0 Å². The number of carboxylic acids is 2. The summed E-state index contributed by atoms with van der Waals surface area (Å²) in [6.45, 7) is -5.51. The first-order valence-electron chi connectivity index (χ1n) is 13.5. The highest BCUT2D eigenvalue weighted by atomic mass is 16.6. The summed E-state index contributed by atoms with van der Waals surface area (Å²) in [7, 11) is 0. The Morgan fingerprint density at radius 3 is 1.13 bits per heavy atom. The zero-order valence-electron chi connectivity index (χ0n) is 24.0. The summed E-state index contributed by atoms with van der Waals surface area (Å²) in [4.78, 5) is 25.1. The predicted molar refractivity (Wildman–Crippen MR) is 138 cm³/mol. The number of hydrazine groups is 2. The summed E-state index contributed by atoms with van der Waals surface area (Å²) >= 11 is 0. The third-order valence-corrected chi connectivity index (χ3v) is 7.75. The number of carboxylic acid groups (broad SMARTS) is 2. The van der Waals surface area contributed by atoms with Gasteiger partial charge in [-0.1, -0.05) is 0 Å². The molecule has 2 rings (SSSR count). The highest BCUT2D eigenvalue weighted by molar-refractivity contribution is 5.78. The van der Waals surface area contributed by atoms with Crippen LogP contribution in [-0.4, -0.2) is 237 Å². The van der Waals surface area contributed by atoms with Gasteiger partial charge in [0.2, 0.25) is 0 Å². The fraction of sp³-hybridized carbons (Fsp3) is 0.909. The van der Waals surface area contributed by atoms with Gasteiger partial charge in [-0.05, 0) is 0 Å². The second kappa shape index (κ2) is 16.2. The van der Waals surface area contributed by atoms with Crippen LogP contribution in [0.5, 0.6) is 0 Å². The van der Waals surface area contributed by atoms with Crippen LogP contribution in [0.15, 0.2) is 0 Å². The molecular weight excluding hydrogens is 658 g/mol. The summed E-state index contributed by atoms with van der Waals surface area (Å²) in [6.07, 6.45) is -35.9. The lowest BCUT2D eigenvalue weighted by Crippen LogP contribution is -2.83. The molecule has 0 bridgehead atoms. The van der Waals surface area contributed by atoms with Crippen molar-refractivity contribution in [3.8, 4) is 0 Å². The highest BCUT2D eigenvalue weighted by Crippen LogP contribution is 2.34. The van der Waals surface area contributed by atoms with Gasteiger partial charge in [0.1, 0.15) is 73.2 Å². The molecule has 0 saturated carbocycles. The van der Waals surface area contributed by atoms with Crippen molar-refractivity contribution in [2.45, 2.75) is 97.2 Å². The smallest absolute Gasteiger partial charge is 0.355 e. The molecule has 0 aromatic rings. The van der Waals surface area contributed by atoms with Crippen molar-refractivity contribution in [2.24, 2.45) is 0 Å². The molecule has 2 aliphatic rings. The maximum absolute atomic E-state index is 12.6. The zero-order valence-corrected chi connectivity index (χ0v) is 24.0. The van der Waals surface area contributed by atoms with Gasteiger partial charge in [0.15, 0.2) is 12.5 Å². The van der Waals surface area contributed by atoms with Crippen molar-refractivity contribution in [1.29, 1.82) is 0 Å². The average molecular weight is 700 g/mol. The molecule has 0 spiro atoms. The first kappa shape index (κ1) is 41.3. The number of hydrogen-bond acceptors (Lipinski definition) is 23. The van der Waals surface area contributed by atoms with Gasteiger partial charge in [-0.3, -0.25) is 0 Å². The fourth-order valence-corrected chi connectivity index (χ4v) is 4.84. The maximum atomic E-state index is 12.6. The molecule has 0 radical (unpaired) electrons. The maximum Gasteiger partial charge on any atom is 0.355 e. The molecule has 2 unspecified atom stereocenters. The Labute approximate surface area is 262 Å². The lowest BCUT2D eigenvalue weighted by molar-refractivity contribution is -0.380. The van der Waals surface area contributed by atoms with Crippen LogP contribution in [0.1, 0.15) is 0 Å². The molecule has 276 valence electrons. The second-order valence-corrected chi connectivity index (χ2v) is 10.7. The molecule has 0 aliphatic carbocycles. The van der Waals surface area contributed by atoms with Crippen molar-refractivity contribution < 1.29 is 111 Å². The van der Waals surface area contributed by atoms with E-state index in [0.29, 0.717) is 0 Å². The molecule has 47 heavy (non-hydrogen) atoms. The normalized spacial score (nSPS) is 37.1. The lowest BCUT2D eigenvalue weighted by Gasteiger charge is -2.55. The number of nitrogens with zero attached hydrogens (tertiary/aromatic N) is 2. The van der Waals surface area contributed by atoms with E-state index in [4.69, 9.17) is 9.47 Å². The number of aliphatic hydroxyl groups excluding tert-OH is 14. The Hall–Kier alpha value is -1.90. The zero-order chi connectivity index (χ0) is 36.3. The van der Waals surface area contributed by atoms with Crippen LogP contribution >= 0.6 is 0 Å². The van der Waals surface area contributed by atoms with Gasteiger partial charge in [-0.25, -0.2) is 9.59 Å². The van der Waals surface area contributed by atoms with Crippen molar-refractivity contribution in [2.75, 3.05) is 26.4 Å². The van der Waals surface area contributed by atoms with Crippen molar-refractivity contribution in [3.63, 3.8) is 0 Å². The Balaban J connectivity index is 3.00. The Morgan fingerprint density at radius 1 is 0.596 bits per heavy atom. The number of hydrogen-bond donors (Lipinski definition) is 19. The quantitative estimate of drug-likeness (QED) is 0.0525. The monoisotopic (exact) mass is 699 g/mol. The van der Waals surface area contributed by atoms with Gasteiger partial charge in [0.25, 0.3) is 11.4 Å². The van der Waals surface area contributed by atoms with Crippen molar-refractivity contribution in [1.82, 2.24) is 15.6 Å². The largest absolute Gasteiger partial charge is 0.478 e. The van der Waals surface area contributed by atoms with Gasteiger partial charge < -0.3 is 101 Å². The number of ether oxygens (including phenoxy) is 2.